The zero-order valence-corrected chi connectivity index (χ0v) is 13.9. The summed E-state index contributed by atoms with van der Waals surface area (Å²) in [6, 6.07) is 10.5. The van der Waals surface area contributed by atoms with Crippen molar-refractivity contribution in [1.29, 1.82) is 0 Å². The van der Waals surface area contributed by atoms with Gasteiger partial charge < -0.3 is 4.74 Å². The molecule has 0 saturated heterocycles. The number of halogens is 4. The molecule has 0 aromatic heterocycles. The second-order valence-corrected chi connectivity index (χ2v) is 6.10. The molecule has 0 fully saturated rings. The van der Waals surface area contributed by atoms with Gasteiger partial charge in [0.1, 0.15) is 11.6 Å². The second kappa shape index (κ2) is 6.25. The third-order valence-corrected chi connectivity index (χ3v) is 4.30. The topological polar surface area (TPSA) is 9.23 Å². The monoisotopic (exact) mass is 406 g/mol. The molecule has 1 nitrogen and oxygen atoms in total. The van der Waals surface area contributed by atoms with Crippen molar-refractivity contribution in [3.05, 3.63) is 62.3 Å². The van der Waals surface area contributed by atoms with Crippen LogP contribution in [-0.2, 0) is 0 Å². The molecule has 0 aliphatic heterocycles. The van der Waals surface area contributed by atoms with Gasteiger partial charge in [-0.25, -0.2) is 4.39 Å². The van der Waals surface area contributed by atoms with E-state index in [4.69, 9.17) is 16.3 Å². The lowest BCUT2D eigenvalue weighted by Gasteiger charge is -2.16. The van der Waals surface area contributed by atoms with Gasteiger partial charge >= 0.3 is 0 Å². The lowest BCUT2D eigenvalue weighted by Crippen LogP contribution is -2.00. The summed E-state index contributed by atoms with van der Waals surface area (Å²) in [7, 11) is 1.56. The lowest BCUT2D eigenvalue weighted by molar-refractivity contribution is 0.410. The summed E-state index contributed by atoms with van der Waals surface area (Å²) >= 11 is 12.9. The van der Waals surface area contributed by atoms with E-state index in [0.717, 1.165) is 10.0 Å². The van der Waals surface area contributed by atoms with Crippen LogP contribution in [0.15, 0.2) is 45.3 Å². The maximum atomic E-state index is 14.1. The van der Waals surface area contributed by atoms with Crippen LogP contribution in [0, 0.1) is 5.82 Å². The highest BCUT2D eigenvalue weighted by Gasteiger charge is 2.20. The van der Waals surface area contributed by atoms with Crippen LogP contribution in [-0.4, -0.2) is 7.11 Å². The molecule has 0 saturated carbocycles. The standard InChI is InChI=1S/C14H10Br2ClFO/c1-19-12-6-5-8(15)7-10(12)13(17)9-3-2-4-11(16)14(9)18/h2-7,13H,1H3. The van der Waals surface area contributed by atoms with Crippen LogP contribution in [0.5, 0.6) is 5.75 Å². The molecule has 2 aromatic rings. The van der Waals surface area contributed by atoms with Crippen molar-refractivity contribution in [2.75, 3.05) is 7.11 Å². The number of rotatable bonds is 3. The Balaban J connectivity index is 2.52. The number of ether oxygens (including phenoxy) is 1. The van der Waals surface area contributed by atoms with Gasteiger partial charge in [0, 0.05) is 15.6 Å². The van der Waals surface area contributed by atoms with Crippen molar-refractivity contribution >= 4 is 43.5 Å². The fourth-order valence-electron chi connectivity index (χ4n) is 1.79. The van der Waals surface area contributed by atoms with E-state index in [0.29, 0.717) is 15.8 Å². The van der Waals surface area contributed by atoms with Crippen LogP contribution in [0.1, 0.15) is 16.5 Å². The molecule has 1 unspecified atom stereocenters. The van der Waals surface area contributed by atoms with E-state index in [1.54, 1.807) is 31.4 Å². The maximum absolute atomic E-state index is 14.1. The summed E-state index contributed by atoms with van der Waals surface area (Å²) in [6.07, 6.45) is 0. The van der Waals surface area contributed by atoms with Crippen molar-refractivity contribution < 1.29 is 9.13 Å². The molecule has 0 spiro atoms. The number of hydrogen-bond acceptors (Lipinski definition) is 1. The van der Waals surface area contributed by atoms with Gasteiger partial charge in [0.05, 0.1) is 17.0 Å². The van der Waals surface area contributed by atoms with Crippen LogP contribution in [0.4, 0.5) is 4.39 Å². The van der Waals surface area contributed by atoms with Crippen LogP contribution < -0.4 is 4.74 Å². The summed E-state index contributed by atoms with van der Waals surface area (Å²) in [5.41, 5.74) is 1.13. The summed E-state index contributed by atoms with van der Waals surface area (Å²) in [5, 5.41) is -0.620. The first-order valence-corrected chi connectivity index (χ1v) is 7.48. The summed E-state index contributed by atoms with van der Waals surface area (Å²) < 4.78 is 20.6. The SMILES string of the molecule is COc1ccc(Br)cc1C(Cl)c1cccc(Br)c1F. The van der Waals surface area contributed by atoms with E-state index in [1.807, 2.05) is 12.1 Å². The highest BCUT2D eigenvalue weighted by Crippen LogP contribution is 2.38. The quantitative estimate of drug-likeness (QED) is 0.593. The fraction of sp³-hybridized carbons (Fsp3) is 0.143. The summed E-state index contributed by atoms with van der Waals surface area (Å²) in [6.45, 7) is 0. The average molecular weight is 408 g/mol. The molecule has 1 atom stereocenters. The molecule has 2 aromatic carbocycles. The number of benzene rings is 2. The van der Waals surface area contributed by atoms with Gasteiger partial charge in [-0.3, -0.25) is 0 Å². The first-order chi connectivity index (χ1) is 9.04. The van der Waals surface area contributed by atoms with Gasteiger partial charge in [-0.15, -0.1) is 11.6 Å². The minimum Gasteiger partial charge on any atom is -0.496 e. The highest BCUT2D eigenvalue weighted by atomic mass is 79.9. The van der Waals surface area contributed by atoms with Gasteiger partial charge in [0.2, 0.25) is 0 Å². The fourth-order valence-corrected chi connectivity index (χ4v) is 2.89. The van der Waals surface area contributed by atoms with Crippen molar-refractivity contribution in [1.82, 2.24) is 0 Å². The zero-order chi connectivity index (χ0) is 14.0. The zero-order valence-electron chi connectivity index (χ0n) is 9.96. The van der Waals surface area contributed by atoms with E-state index in [1.165, 1.54) is 0 Å². The molecule has 19 heavy (non-hydrogen) atoms. The van der Waals surface area contributed by atoms with Crippen molar-refractivity contribution in [2.24, 2.45) is 0 Å². The van der Waals surface area contributed by atoms with E-state index in [2.05, 4.69) is 31.9 Å². The van der Waals surface area contributed by atoms with Crippen LogP contribution in [0.2, 0.25) is 0 Å². The van der Waals surface area contributed by atoms with Crippen LogP contribution >= 0.6 is 43.5 Å². The first-order valence-electron chi connectivity index (χ1n) is 5.46. The molecule has 2 rings (SSSR count). The third kappa shape index (κ3) is 3.12. The molecule has 5 heteroatoms. The lowest BCUT2D eigenvalue weighted by atomic mass is 10.0. The Hall–Kier alpha value is -0.580. The predicted molar refractivity (Wildman–Crippen MR) is 82.5 cm³/mol. The van der Waals surface area contributed by atoms with Crippen molar-refractivity contribution in [3.8, 4) is 5.75 Å². The normalized spacial score (nSPS) is 12.3. The predicted octanol–water partition coefficient (Wildman–Crippen LogP) is 5.69. The highest BCUT2D eigenvalue weighted by molar-refractivity contribution is 9.10. The Kier molecular flexibility index (Phi) is 4.87. The van der Waals surface area contributed by atoms with Gasteiger partial charge in [-0.2, -0.15) is 0 Å². The molecule has 0 bridgehead atoms. The van der Waals surface area contributed by atoms with E-state index >= 15 is 0 Å². The number of hydrogen-bond donors (Lipinski definition) is 0. The molecule has 0 radical (unpaired) electrons. The summed E-state index contributed by atoms with van der Waals surface area (Å²) in [4.78, 5) is 0. The Bertz CT molecular complexity index is 604. The maximum Gasteiger partial charge on any atom is 0.142 e. The molecule has 0 aliphatic rings. The van der Waals surface area contributed by atoms with Crippen LogP contribution in [0.25, 0.3) is 0 Å². The third-order valence-electron chi connectivity index (χ3n) is 2.72. The second-order valence-electron chi connectivity index (χ2n) is 3.89. The van der Waals surface area contributed by atoms with Gasteiger partial charge in [0.15, 0.2) is 0 Å². The largest absolute Gasteiger partial charge is 0.496 e. The van der Waals surface area contributed by atoms with E-state index in [9.17, 15) is 4.39 Å². The molecule has 100 valence electrons. The van der Waals surface area contributed by atoms with Crippen LogP contribution in [0.3, 0.4) is 0 Å². The molecule has 0 heterocycles. The first kappa shape index (κ1) is 14.8. The Morgan fingerprint density at radius 1 is 1.16 bits per heavy atom. The Morgan fingerprint density at radius 2 is 1.89 bits per heavy atom. The van der Waals surface area contributed by atoms with Crippen molar-refractivity contribution in [3.63, 3.8) is 0 Å². The van der Waals surface area contributed by atoms with Gasteiger partial charge in [-0.1, -0.05) is 28.1 Å². The minimum atomic E-state index is -0.620. The van der Waals surface area contributed by atoms with Gasteiger partial charge in [-0.05, 0) is 40.2 Å². The number of alkyl halides is 1. The Morgan fingerprint density at radius 3 is 2.58 bits per heavy atom. The van der Waals surface area contributed by atoms with Gasteiger partial charge in [0.25, 0.3) is 0 Å². The molecule has 0 N–H and O–H groups in total. The molecule has 0 amide bonds. The number of methoxy groups -OCH3 is 1. The molecular weight excluding hydrogens is 398 g/mol. The minimum absolute atomic E-state index is 0.357. The molecular formula is C14H10Br2ClFO. The van der Waals surface area contributed by atoms with E-state index in [-0.39, 0.29) is 5.82 Å². The van der Waals surface area contributed by atoms with E-state index < -0.39 is 5.38 Å². The Labute approximate surface area is 133 Å². The smallest absolute Gasteiger partial charge is 0.142 e. The van der Waals surface area contributed by atoms with Crippen molar-refractivity contribution in [2.45, 2.75) is 5.38 Å². The summed E-state index contributed by atoms with van der Waals surface area (Å²) in [5.74, 6) is 0.270. The molecule has 0 aliphatic carbocycles. The average Bonchev–Trinajstić information content (AvgIpc) is 2.41.